The van der Waals surface area contributed by atoms with E-state index < -0.39 is 0 Å². The second kappa shape index (κ2) is 11.4. The van der Waals surface area contributed by atoms with Gasteiger partial charge in [0.05, 0.1) is 11.4 Å². The molecule has 2 heterocycles. The maximum Gasteiger partial charge on any atom is 0.228 e. The molecule has 5 heteroatoms. The van der Waals surface area contributed by atoms with Crippen LogP contribution in [0.3, 0.4) is 0 Å². The van der Waals surface area contributed by atoms with Crippen molar-refractivity contribution in [2.75, 3.05) is 5.32 Å². The number of aromatic nitrogens is 2. The lowest BCUT2D eigenvalue weighted by atomic mass is 9.97. The fourth-order valence-corrected chi connectivity index (χ4v) is 4.01. The highest BCUT2D eigenvalue weighted by molar-refractivity contribution is 5.99. The minimum absolute atomic E-state index is 0.0595. The number of hydrogen-bond acceptors (Lipinski definition) is 4. The van der Waals surface area contributed by atoms with Gasteiger partial charge in [-0.1, -0.05) is 33.4 Å². The maximum absolute atomic E-state index is 12.2. The summed E-state index contributed by atoms with van der Waals surface area (Å²) in [5, 5.41) is 5.01. The lowest BCUT2D eigenvalue weighted by molar-refractivity contribution is -0.117. The summed E-state index contributed by atoms with van der Waals surface area (Å²) in [6.07, 6.45) is 11.2. The Bertz CT molecular complexity index is 1150. The van der Waals surface area contributed by atoms with Gasteiger partial charge in [-0.2, -0.15) is 0 Å². The van der Waals surface area contributed by atoms with Crippen LogP contribution in [0, 0.1) is 5.92 Å². The fourth-order valence-electron chi connectivity index (χ4n) is 4.01. The second-order valence-corrected chi connectivity index (χ2v) is 8.95. The molecule has 4 rings (SSSR count). The molecule has 0 atom stereocenters. The molecule has 180 valence electrons. The fraction of sp³-hybridized carbons (Fsp3) is 0.448. The molecule has 0 spiro atoms. The number of ketones is 1. The van der Waals surface area contributed by atoms with Crippen LogP contribution in [0.1, 0.15) is 90.4 Å². The summed E-state index contributed by atoms with van der Waals surface area (Å²) >= 11 is 0. The van der Waals surface area contributed by atoms with E-state index in [0.717, 1.165) is 65.4 Å². The Balaban J connectivity index is 0.00000158. The summed E-state index contributed by atoms with van der Waals surface area (Å²) in [6.45, 7) is 13.9. The van der Waals surface area contributed by atoms with E-state index in [1.807, 2.05) is 65.1 Å². The number of anilines is 1. The Morgan fingerprint density at radius 1 is 1.18 bits per heavy atom. The Hall–Kier alpha value is -3.08. The van der Waals surface area contributed by atoms with E-state index in [1.165, 1.54) is 0 Å². The molecule has 2 aromatic rings. The van der Waals surface area contributed by atoms with Gasteiger partial charge in [0.2, 0.25) is 5.91 Å². The SMILES string of the molecule is C=C(/C=C(C)\C(=C/C)c1cc2cnc(NC(=O)C3CC3)cc2c(C2CC2)n1)C(=O)CCC.CC. The van der Waals surface area contributed by atoms with Crippen molar-refractivity contribution in [3.63, 3.8) is 0 Å². The molecule has 0 aliphatic heterocycles. The van der Waals surface area contributed by atoms with Crippen molar-refractivity contribution in [3.8, 4) is 0 Å². The highest BCUT2D eigenvalue weighted by atomic mass is 16.2. The van der Waals surface area contributed by atoms with Gasteiger partial charge in [0.15, 0.2) is 5.78 Å². The van der Waals surface area contributed by atoms with Gasteiger partial charge in [-0.25, -0.2) is 4.98 Å². The molecule has 2 aromatic heterocycles. The Morgan fingerprint density at radius 2 is 1.88 bits per heavy atom. The van der Waals surface area contributed by atoms with E-state index in [1.54, 1.807) is 0 Å². The number of hydrogen-bond donors (Lipinski definition) is 1. The molecule has 1 N–H and O–H groups in total. The average molecular weight is 460 g/mol. The molecule has 1 amide bonds. The van der Waals surface area contributed by atoms with E-state index in [0.29, 0.717) is 23.7 Å². The molecule has 0 radical (unpaired) electrons. The van der Waals surface area contributed by atoms with Crippen LogP contribution in [0.2, 0.25) is 0 Å². The largest absolute Gasteiger partial charge is 0.310 e. The summed E-state index contributed by atoms with van der Waals surface area (Å²) in [6, 6.07) is 4.01. The standard InChI is InChI=1S/C27H31N3O2.C2H6/c1-5-7-24(31)17(4)12-16(3)21(6-2)23-13-20-15-28-25(30-27(32)19-10-11-19)14-22(20)26(29-23)18-8-9-18;1-2/h6,12-15,18-19H,4-5,7-11H2,1-3H3,(H,28,30,32);1-2H3/b16-12-,21-6+;. The monoisotopic (exact) mass is 459 g/mol. The van der Waals surface area contributed by atoms with Crippen LogP contribution >= 0.6 is 0 Å². The van der Waals surface area contributed by atoms with Gasteiger partial charge in [0, 0.05) is 40.8 Å². The quantitative estimate of drug-likeness (QED) is 0.319. The summed E-state index contributed by atoms with van der Waals surface area (Å²) in [7, 11) is 0. The molecule has 0 bridgehead atoms. The number of nitrogens with one attached hydrogen (secondary N) is 1. The summed E-state index contributed by atoms with van der Waals surface area (Å²) in [4.78, 5) is 33.9. The molecule has 2 aliphatic carbocycles. The summed E-state index contributed by atoms with van der Waals surface area (Å²) in [5.74, 6) is 1.32. The predicted octanol–water partition coefficient (Wildman–Crippen LogP) is 7.16. The molecule has 2 fully saturated rings. The average Bonchev–Trinajstić information content (AvgIpc) is 3.73. The number of Topliss-reactive ketones (excluding diaryl/α,β-unsaturated/α-hetero) is 1. The first-order valence-corrected chi connectivity index (χ1v) is 12.6. The van der Waals surface area contributed by atoms with Crippen LogP contribution in [0.25, 0.3) is 16.3 Å². The van der Waals surface area contributed by atoms with E-state index in [4.69, 9.17) is 4.98 Å². The summed E-state index contributed by atoms with van der Waals surface area (Å²) < 4.78 is 0. The minimum atomic E-state index is 0.0595. The highest BCUT2D eigenvalue weighted by Crippen LogP contribution is 2.43. The zero-order valence-corrected chi connectivity index (χ0v) is 21.2. The molecule has 34 heavy (non-hydrogen) atoms. The molecule has 0 saturated heterocycles. The van der Waals surface area contributed by atoms with Gasteiger partial charge in [-0.3, -0.25) is 14.6 Å². The Morgan fingerprint density at radius 3 is 2.47 bits per heavy atom. The van der Waals surface area contributed by atoms with E-state index in [2.05, 4.69) is 16.9 Å². The van der Waals surface area contributed by atoms with Crippen molar-refractivity contribution < 1.29 is 9.59 Å². The van der Waals surface area contributed by atoms with Gasteiger partial charge in [-0.05, 0) is 75.3 Å². The first kappa shape index (κ1) is 25.5. The maximum atomic E-state index is 12.2. The number of allylic oxidation sites excluding steroid dienone is 5. The second-order valence-electron chi connectivity index (χ2n) is 8.95. The molecular weight excluding hydrogens is 422 g/mol. The van der Waals surface area contributed by atoms with Crippen LogP contribution in [0.5, 0.6) is 0 Å². The Kier molecular flexibility index (Phi) is 8.54. The molecule has 5 nitrogen and oxygen atoms in total. The molecule has 0 aromatic carbocycles. The number of nitrogens with zero attached hydrogens (tertiary/aromatic N) is 2. The van der Waals surface area contributed by atoms with Crippen LogP contribution < -0.4 is 5.32 Å². The zero-order chi connectivity index (χ0) is 24.8. The van der Waals surface area contributed by atoms with Gasteiger partial charge in [-0.15, -0.1) is 0 Å². The van der Waals surface area contributed by atoms with Gasteiger partial charge < -0.3 is 5.32 Å². The topological polar surface area (TPSA) is 72.0 Å². The van der Waals surface area contributed by atoms with Crippen molar-refractivity contribution >= 4 is 33.9 Å². The zero-order valence-electron chi connectivity index (χ0n) is 21.2. The minimum Gasteiger partial charge on any atom is -0.310 e. The number of amides is 1. The third-order valence-corrected chi connectivity index (χ3v) is 6.12. The number of carbonyl (C=O) groups excluding carboxylic acids is 2. The Labute approximate surface area is 203 Å². The van der Waals surface area contributed by atoms with Gasteiger partial charge in [0.1, 0.15) is 5.82 Å². The normalized spacial score (nSPS) is 16.0. The number of rotatable bonds is 9. The molecule has 0 unspecified atom stereocenters. The van der Waals surface area contributed by atoms with Crippen LogP contribution in [-0.4, -0.2) is 21.7 Å². The van der Waals surface area contributed by atoms with E-state index in [9.17, 15) is 9.59 Å². The van der Waals surface area contributed by atoms with Crippen molar-refractivity contribution in [1.29, 1.82) is 0 Å². The van der Waals surface area contributed by atoms with Crippen LogP contribution in [0.15, 0.2) is 48.2 Å². The molecule has 2 saturated carbocycles. The third kappa shape index (κ3) is 6.07. The van der Waals surface area contributed by atoms with Crippen molar-refractivity contribution in [3.05, 3.63) is 59.6 Å². The smallest absolute Gasteiger partial charge is 0.228 e. The third-order valence-electron chi connectivity index (χ3n) is 6.12. The van der Waals surface area contributed by atoms with Crippen LogP contribution in [-0.2, 0) is 9.59 Å². The van der Waals surface area contributed by atoms with Crippen molar-refractivity contribution in [2.45, 2.75) is 79.1 Å². The van der Waals surface area contributed by atoms with Gasteiger partial charge in [0.25, 0.3) is 0 Å². The summed E-state index contributed by atoms with van der Waals surface area (Å²) in [5.41, 5.74) is 4.43. The highest BCUT2D eigenvalue weighted by Gasteiger charge is 2.31. The van der Waals surface area contributed by atoms with Crippen molar-refractivity contribution in [2.24, 2.45) is 5.92 Å². The first-order valence-electron chi connectivity index (χ1n) is 12.6. The molecule has 2 aliphatic rings. The van der Waals surface area contributed by atoms with Gasteiger partial charge >= 0.3 is 0 Å². The van der Waals surface area contributed by atoms with E-state index >= 15 is 0 Å². The van der Waals surface area contributed by atoms with Crippen molar-refractivity contribution in [1.82, 2.24) is 9.97 Å². The molecular formula is C29H37N3O2. The number of carbonyl (C=O) groups is 2. The lowest BCUT2D eigenvalue weighted by Gasteiger charge is -2.14. The lowest BCUT2D eigenvalue weighted by Crippen LogP contribution is -2.14. The number of fused-ring (bicyclic) bond motifs is 1. The van der Waals surface area contributed by atoms with Crippen LogP contribution in [0.4, 0.5) is 5.82 Å². The number of pyridine rings is 2. The predicted molar refractivity (Wildman–Crippen MR) is 141 cm³/mol. The first-order chi connectivity index (χ1) is 16.4. The van der Waals surface area contributed by atoms with E-state index in [-0.39, 0.29) is 17.6 Å².